The van der Waals surface area contributed by atoms with Gasteiger partial charge in [0.05, 0.1) is 4.90 Å². The van der Waals surface area contributed by atoms with Crippen molar-refractivity contribution in [2.24, 2.45) is 0 Å². The summed E-state index contributed by atoms with van der Waals surface area (Å²) in [4.78, 5) is 10.6. The number of nitrogens with one attached hydrogen (secondary N) is 2. The van der Waals surface area contributed by atoms with E-state index in [1.165, 1.54) is 12.1 Å². The highest BCUT2D eigenvalue weighted by molar-refractivity contribution is 7.89. The van der Waals surface area contributed by atoms with Crippen molar-refractivity contribution in [1.82, 2.24) is 10.0 Å². The molecule has 0 aromatic heterocycles. The molecule has 1 rings (SSSR count). The minimum absolute atomic E-state index is 0.00708. The molecule has 0 heterocycles. The molecule has 130 valence electrons. The van der Waals surface area contributed by atoms with E-state index >= 15 is 0 Å². The molecule has 1 aromatic carbocycles. The van der Waals surface area contributed by atoms with Crippen LogP contribution >= 0.6 is 0 Å². The first-order valence-electron chi connectivity index (χ1n) is 6.79. The fourth-order valence-corrected chi connectivity index (χ4v) is 2.71. The lowest BCUT2D eigenvalue weighted by molar-refractivity contribution is -0.173. The van der Waals surface area contributed by atoms with Crippen molar-refractivity contribution in [3.05, 3.63) is 29.8 Å². The van der Waals surface area contributed by atoms with Crippen LogP contribution in [-0.2, 0) is 20.2 Å². The lowest BCUT2D eigenvalue weighted by Gasteiger charge is -2.19. The summed E-state index contributed by atoms with van der Waals surface area (Å²) in [6.45, 7) is 5.15. The lowest BCUT2D eigenvalue weighted by Crippen LogP contribution is -2.41. The second-order valence-electron chi connectivity index (χ2n) is 5.93. The highest BCUT2D eigenvalue weighted by atomic mass is 32.2. The van der Waals surface area contributed by atoms with Crippen molar-refractivity contribution in [3.8, 4) is 0 Å². The lowest BCUT2D eigenvalue weighted by atomic mass is 9.87. The van der Waals surface area contributed by atoms with Gasteiger partial charge in [-0.2, -0.15) is 13.2 Å². The van der Waals surface area contributed by atoms with Crippen LogP contribution in [0, 0.1) is 0 Å². The summed E-state index contributed by atoms with van der Waals surface area (Å²) in [5.41, 5.74) is 0.825. The molecule has 0 radical (unpaired) electrons. The van der Waals surface area contributed by atoms with Crippen LogP contribution in [0.1, 0.15) is 26.3 Å². The number of hydrogen-bond donors (Lipinski definition) is 2. The summed E-state index contributed by atoms with van der Waals surface area (Å²) < 4.78 is 62.0. The maximum atomic E-state index is 12.0. The minimum Gasteiger partial charge on any atom is -0.347 e. The van der Waals surface area contributed by atoms with E-state index in [2.05, 4.69) is 4.72 Å². The molecule has 0 aliphatic rings. The average molecular weight is 352 g/mol. The zero-order chi connectivity index (χ0) is 17.9. The van der Waals surface area contributed by atoms with Gasteiger partial charge in [0.15, 0.2) is 0 Å². The monoisotopic (exact) mass is 352 g/mol. The van der Waals surface area contributed by atoms with Crippen LogP contribution < -0.4 is 10.0 Å². The first-order valence-corrected chi connectivity index (χ1v) is 8.27. The van der Waals surface area contributed by atoms with E-state index in [1.54, 1.807) is 17.4 Å². The summed E-state index contributed by atoms with van der Waals surface area (Å²) in [5, 5.41) is 1.58. The second-order valence-corrected chi connectivity index (χ2v) is 7.69. The number of benzene rings is 1. The van der Waals surface area contributed by atoms with Gasteiger partial charge in [-0.3, -0.25) is 4.79 Å². The number of halogens is 3. The van der Waals surface area contributed by atoms with Gasteiger partial charge in [-0.25, -0.2) is 13.1 Å². The first-order chi connectivity index (χ1) is 10.3. The van der Waals surface area contributed by atoms with Gasteiger partial charge < -0.3 is 5.32 Å². The van der Waals surface area contributed by atoms with E-state index < -0.39 is 28.7 Å². The van der Waals surface area contributed by atoms with E-state index in [-0.39, 0.29) is 16.9 Å². The molecule has 9 heteroatoms. The molecular formula is C14H19F3N2O3S. The van der Waals surface area contributed by atoms with Gasteiger partial charge in [0.1, 0.15) is 0 Å². The maximum absolute atomic E-state index is 12.0. The van der Waals surface area contributed by atoms with E-state index in [1.807, 2.05) is 20.8 Å². The molecule has 0 saturated carbocycles. The van der Waals surface area contributed by atoms with Crippen LogP contribution in [0.3, 0.4) is 0 Å². The highest BCUT2D eigenvalue weighted by Crippen LogP contribution is 2.23. The Labute approximate surface area is 133 Å². The SMILES string of the molecule is CC(C)(C)c1ccc(S(=O)(=O)NCCNC(=O)C(F)(F)F)cc1. The van der Waals surface area contributed by atoms with E-state index in [9.17, 15) is 26.4 Å². The Balaban J connectivity index is 2.62. The summed E-state index contributed by atoms with van der Waals surface area (Å²) in [6, 6.07) is 6.22. The summed E-state index contributed by atoms with van der Waals surface area (Å²) >= 11 is 0. The molecule has 0 bridgehead atoms. The van der Waals surface area contributed by atoms with Crippen molar-refractivity contribution >= 4 is 15.9 Å². The smallest absolute Gasteiger partial charge is 0.347 e. The fourth-order valence-electron chi connectivity index (χ4n) is 1.68. The molecule has 0 aliphatic carbocycles. The van der Waals surface area contributed by atoms with Crippen molar-refractivity contribution in [3.63, 3.8) is 0 Å². The van der Waals surface area contributed by atoms with Crippen molar-refractivity contribution in [2.45, 2.75) is 37.3 Å². The van der Waals surface area contributed by atoms with Crippen molar-refractivity contribution < 1.29 is 26.4 Å². The molecule has 0 atom stereocenters. The summed E-state index contributed by atoms with van der Waals surface area (Å²) in [7, 11) is -3.84. The van der Waals surface area contributed by atoms with E-state index in [0.29, 0.717) is 0 Å². The van der Waals surface area contributed by atoms with Crippen LogP contribution in [0.5, 0.6) is 0 Å². The Morgan fingerprint density at radius 3 is 2.00 bits per heavy atom. The summed E-state index contributed by atoms with van der Waals surface area (Å²) in [5.74, 6) is -2.11. The number of amides is 1. The molecular weight excluding hydrogens is 333 g/mol. The molecule has 0 fully saturated rings. The molecule has 0 spiro atoms. The highest BCUT2D eigenvalue weighted by Gasteiger charge is 2.38. The quantitative estimate of drug-likeness (QED) is 0.796. The third kappa shape index (κ3) is 5.83. The number of hydrogen-bond acceptors (Lipinski definition) is 3. The molecule has 1 aromatic rings. The van der Waals surface area contributed by atoms with Crippen LogP contribution in [-0.4, -0.2) is 33.6 Å². The predicted octanol–water partition coefficient (Wildman–Crippen LogP) is 1.94. The van der Waals surface area contributed by atoms with E-state index in [4.69, 9.17) is 0 Å². The van der Waals surface area contributed by atoms with Crippen molar-refractivity contribution in [1.29, 1.82) is 0 Å². The van der Waals surface area contributed by atoms with Gasteiger partial charge in [-0.05, 0) is 23.1 Å². The van der Waals surface area contributed by atoms with Crippen molar-refractivity contribution in [2.75, 3.05) is 13.1 Å². The average Bonchev–Trinajstić information content (AvgIpc) is 2.41. The van der Waals surface area contributed by atoms with E-state index in [0.717, 1.165) is 5.56 Å². The number of carbonyl (C=O) groups excluding carboxylic acids is 1. The normalized spacial score (nSPS) is 13.0. The van der Waals surface area contributed by atoms with Gasteiger partial charge in [0.2, 0.25) is 10.0 Å². The van der Waals surface area contributed by atoms with Crippen LogP contribution in [0.4, 0.5) is 13.2 Å². The Morgan fingerprint density at radius 1 is 1.04 bits per heavy atom. The second kappa shape index (κ2) is 6.88. The van der Waals surface area contributed by atoms with Gasteiger partial charge >= 0.3 is 12.1 Å². The zero-order valence-electron chi connectivity index (χ0n) is 13.0. The van der Waals surface area contributed by atoms with Crippen LogP contribution in [0.25, 0.3) is 0 Å². The largest absolute Gasteiger partial charge is 0.471 e. The standard InChI is InChI=1S/C14H19F3N2O3S/c1-13(2,3)10-4-6-11(7-5-10)23(21,22)19-9-8-18-12(20)14(15,16)17/h4-7,19H,8-9H2,1-3H3,(H,18,20). The minimum atomic E-state index is -4.98. The fraction of sp³-hybridized carbons (Fsp3) is 0.500. The molecule has 0 saturated heterocycles. The summed E-state index contributed by atoms with van der Waals surface area (Å²) in [6.07, 6.45) is -4.98. The number of alkyl halides is 3. The molecule has 23 heavy (non-hydrogen) atoms. The zero-order valence-corrected chi connectivity index (χ0v) is 13.8. The van der Waals surface area contributed by atoms with Gasteiger partial charge in [-0.15, -0.1) is 0 Å². The third-order valence-corrected chi connectivity index (χ3v) is 4.47. The number of sulfonamides is 1. The maximum Gasteiger partial charge on any atom is 0.471 e. The van der Waals surface area contributed by atoms with Gasteiger partial charge in [-0.1, -0.05) is 32.9 Å². The Kier molecular flexibility index (Phi) is 5.81. The van der Waals surface area contributed by atoms with Gasteiger partial charge in [0.25, 0.3) is 0 Å². The number of rotatable bonds is 5. The van der Waals surface area contributed by atoms with Crippen LogP contribution in [0.15, 0.2) is 29.2 Å². The van der Waals surface area contributed by atoms with Gasteiger partial charge in [0, 0.05) is 13.1 Å². The number of carbonyl (C=O) groups is 1. The Morgan fingerprint density at radius 2 is 1.57 bits per heavy atom. The first kappa shape index (κ1) is 19.4. The Hall–Kier alpha value is -1.61. The van der Waals surface area contributed by atoms with Crippen LogP contribution in [0.2, 0.25) is 0 Å². The molecule has 0 unspecified atom stereocenters. The molecule has 1 amide bonds. The topological polar surface area (TPSA) is 75.3 Å². The molecule has 5 nitrogen and oxygen atoms in total. The molecule has 2 N–H and O–H groups in total. The predicted molar refractivity (Wildman–Crippen MR) is 79.4 cm³/mol. The Bertz CT molecular complexity index is 647. The third-order valence-electron chi connectivity index (χ3n) is 2.99. The molecule has 0 aliphatic heterocycles.